The molecule has 0 aliphatic rings. The molecule has 3 aromatic heterocycles. The fraction of sp³-hybridized carbons (Fsp3) is 0.263. The Balaban J connectivity index is 1.25. The van der Waals surface area contributed by atoms with E-state index in [4.69, 9.17) is 9.72 Å². The van der Waals surface area contributed by atoms with Crippen molar-refractivity contribution in [1.29, 1.82) is 0 Å². The van der Waals surface area contributed by atoms with E-state index < -0.39 is 11.7 Å². The number of pyridine rings is 2. The van der Waals surface area contributed by atoms with Crippen LogP contribution in [0.5, 0.6) is 5.75 Å². The molecule has 0 spiro atoms. The molecule has 8 heteroatoms. The second kappa shape index (κ2) is 12.5. The van der Waals surface area contributed by atoms with Gasteiger partial charge in [0.1, 0.15) is 12.4 Å². The van der Waals surface area contributed by atoms with Crippen molar-refractivity contribution < 1.29 is 17.9 Å². The Hall–Kier alpha value is -4.30. The quantitative estimate of drug-likeness (QED) is 0.155. The fourth-order valence-corrected chi connectivity index (χ4v) is 7.14. The minimum atomic E-state index is -4.40. The van der Waals surface area contributed by atoms with Crippen LogP contribution in [0, 0.1) is 0 Å². The van der Waals surface area contributed by atoms with Gasteiger partial charge < -0.3 is 9.30 Å². The lowest BCUT2D eigenvalue weighted by atomic mass is 9.96. The van der Waals surface area contributed by atoms with Crippen molar-refractivity contribution in [3.8, 4) is 17.0 Å². The topological polar surface area (TPSA) is 39.9 Å². The van der Waals surface area contributed by atoms with Gasteiger partial charge >= 0.3 is 6.18 Å². The number of halogens is 3. The standard InChI is InChI=1S/C38H36F3N3OS/c1-24(20-25-10-12-27(13-11-25)32-18-15-28(22-42-32)38(39,40)41)35-36(46-37(2,3)4)31-21-30(17-19-34(31)44(35)5)45-23-29-16-14-26-8-6-7-9-33(26)43-29/h6-19,21-22,24H,20,23H2,1-5H3. The summed E-state index contributed by atoms with van der Waals surface area (Å²) < 4.78 is 47.4. The molecule has 1 unspecified atom stereocenters. The summed E-state index contributed by atoms with van der Waals surface area (Å²) >= 11 is 1.87. The van der Waals surface area contributed by atoms with E-state index in [1.165, 1.54) is 16.7 Å². The molecule has 3 heterocycles. The molecule has 4 nitrogen and oxygen atoms in total. The van der Waals surface area contributed by atoms with E-state index in [2.05, 4.69) is 68.6 Å². The van der Waals surface area contributed by atoms with Gasteiger partial charge in [-0.2, -0.15) is 13.2 Å². The number of aryl methyl sites for hydroxylation is 1. The minimum Gasteiger partial charge on any atom is -0.487 e. The summed E-state index contributed by atoms with van der Waals surface area (Å²) in [4.78, 5) is 10.0. The molecular formula is C38H36F3N3OS. The average Bonchev–Trinajstić information content (AvgIpc) is 3.29. The largest absolute Gasteiger partial charge is 0.487 e. The van der Waals surface area contributed by atoms with Crippen molar-refractivity contribution in [1.82, 2.24) is 14.5 Å². The third-order valence-corrected chi connectivity index (χ3v) is 9.21. The van der Waals surface area contributed by atoms with Crippen LogP contribution >= 0.6 is 11.8 Å². The van der Waals surface area contributed by atoms with E-state index >= 15 is 0 Å². The van der Waals surface area contributed by atoms with Gasteiger partial charge in [-0.1, -0.05) is 76.2 Å². The molecule has 6 aromatic rings. The number of alkyl halides is 3. The molecular weight excluding hydrogens is 603 g/mol. The van der Waals surface area contributed by atoms with Gasteiger partial charge in [-0.3, -0.25) is 4.98 Å². The first kappa shape index (κ1) is 31.7. The molecule has 0 fully saturated rings. The van der Waals surface area contributed by atoms with Crippen LogP contribution in [0.3, 0.4) is 0 Å². The highest BCUT2D eigenvalue weighted by Crippen LogP contribution is 2.44. The maximum Gasteiger partial charge on any atom is 0.417 e. The number of nitrogens with zero attached hydrogens (tertiary/aromatic N) is 3. The first-order valence-corrected chi connectivity index (χ1v) is 16.1. The zero-order valence-electron chi connectivity index (χ0n) is 26.5. The number of benzene rings is 3. The predicted octanol–water partition coefficient (Wildman–Crippen LogP) is 10.6. The van der Waals surface area contributed by atoms with Crippen molar-refractivity contribution in [2.75, 3.05) is 0 Å². The van der Waals surface area contributed by atoms with Crippen LogP contribution in [-0.2, 0) is 26.3 Å². The highest BCUT2D eigenvalue weighted by atomic mass is 32.2. The number of hydrogen-bond donors (Lipinski definition) is 0. The lowest BCUT2D eigenvalue weighted by Gasteiger charge is -2.21. The Bertz CT molecular complexity index is 1990. The first-order chi connectivity index (χ1) is 21.9. The average molecular weight is 640 g/mol. The molecule has 0 bridgehead atoms. The number of fused-ring (bicyclic) bond motifs is 2. The van der Waals surface area contributed by atoms with Crippen LogP contribution in [0.25, 0.3) is 33.1 Å². The van der Waals surface area contributed by atoms with Crippen molar-refractivity contribution >= 4 is 33.6 Å². The van der Waals surface area contributed by atoms with Crippen LogP contribution < -0.4 is 4.74 Å². The normalized spacial score (nSPS) is 13.0. The van der Waals surface area contributed by atoms with Gasteiger partial charge in [0.05, 0.1) is 22.5 Å². The Kier molecular flexibility index (Phi) is 8.59. The highest BCUT2D eigenvalue weighted by Gasteiger charge is 2.30. The van der Waals surface area contributed by atoms with Gasteiger partial charge in [0.25, 0.3) is 0 Å². The molecule has 0 radical (unpaired) electrons. The number of para-hydroxylation sites is 1. The van der Waals surface area contributed by atoms with E-state index in [1.54, 1.807) is 0 Å². The number of thioether (sulfide) groups is 1. The van der Waals surface area contributed by atoms with Crippen LogP contribution in [-0.4, -0.2) is 19.3 Å². The highest BCUT2D eigenvalue weighted by molar-refractivity contribution is 8.00. The summed E-state index contributed by atoms with van der Waals surface area (Å²) in [6.07, 6.45) is -2.71. The van der Waals surface area contributed by atoms with E-state index in [0.29, 0.717) is 12.3 Å². The van der Waals surface area contributed by atoms with Crippen molar-refractivity contribution in [3.63, 3.8) is 0 Å². The van der Waals surface area contributed by atoms with Gasteiger partial charge in [0, 0.05) is 56.4 Å². The SMILES string of the molecule is CC(Cc1ccc(-c2ccc(C(F)(F)F)cn2)cc1)c1c(SC(C)(C)C)c2cc(OCc3ccc4ccccc4n3)ccc2n1C. The second-order valence-corrected chi connectivity index (χ2v) is 14.5. The molecule has 0 N–H and O–H groups in total. The molecule has 236 valence electrons. The smallest absolute Gasteiger partial charge is 0.417 e. The lowest BCUT2D eigenvalue weighted by molar-refractivity contribution is -0.137. The van der Waals surface area contributed by atoms with Crippen molar-refractivity contribution in [2.24, 2.45) is 7.05 Å². The minimum absolute atomic E-state index is 0.00899. The predicted molar refractivity (Wildman–Crippen MR) is 181 cm³/mol. The first-order valence-electron chi connectivity index (χ1n) is 15.3. The lowest BCUT2D eigenvalue weighted by Crippen LogP contribution is -2.10. The summed E-state index contributed by atoms with van der Waals surface area (Å²) in [5, 5.41) is 2.27. The molecule has 46 heavy (non-hydrogen) atoms. The van der Waals surface area contributed by atoms with Crippen LogP contribution in [0.1, 0.15) is 56.1 Å². The number of hydrogen-bond acceptors (Lipinski definition) is 4. The van der Waals surface area contributed by atoms with Crippen LogP contribution in [0.15, 0.2) is 102 Å². The number of rotatable bonds is 8. The van der Waals surface area contributed by atoms with Gasteiger partial charge in [0.2, 0.25) is 0 Å². The monoisotopic (exact) mass is 639 g/mol. The van der Waals surface area contributed by atoms with Crippen LogP contribution in [0.4, 0.5) is 13.2 Å². The molecule has 0 aliphatic carbocycles. The third-order valence-electron chi connectivity index (χ3n) is 7.97. The second-order valence-electron chi connectivity index (χ2n) is 12.7. The number of aromatic nitrogens is 3. The molecule has 0 amide bonds. The molecule has 3 aromatic carbocycles. The zero-order chi connectivity index (χ0) is 32.6. The van der Waals surface area contributed by atoms with E-state index in [1.807, 2.05) is 66.4 Å². The molecule has 6 rings (SSSR count). The Morgan fingerprint density at radius 1 is 0.891 bits per heavy atom. The van der Waals surface area contributed by atoms with Gasteiger partial charge in [0.15, 0.2) is 0 Å². The summed E-state index contributed by atoms with van der Waals surface area (Å²) in [6.45, 7) is 9.31. The summed E-state index contributed by atoms with van der Waals surface area (Å²) in [5.41, 5.74) is 5.93. The van der Waals surface area contributed by atoms with Gasteiger partial charge in [-0.15, -0.1) is 11.8 Å². The van der Waals surface area contributed by atoms with Crippen LogP contribution in [0.2, 0.25) is 0 Å². The summed E-state index contributed by atoms with van der Waals surface area (Å²) in [6, 6.07) is 28.9. The maximum absolute atomic E-state index is 13.0. The molecule has 0 saturated heterocycles. The fourth-order valence-electron chi connectivity index (χ4n) is 5.81. The van der Waals surface area contributed by atoms with Crippen molar-refractivity contribution in [3.05, 3.63) is 120 Å². The number of ether oxygens (including phenoxy) is 1. The van der Waals surface area contributed by atoms with Crippen molar-refractivity contribution in [2.45, 2.75) is 62.5 Å². The maximum atomic E-state index is 13.0. The third kappa shape index (κ3) is 6.92. The van der Waals surface area contributed by atoms with Gasteiger partial charge in [-0.25, -0.2) is 4.98 Å². The summed E-state index contributed by atoms with van der Waals surface area (Å²) in [5.74, 6) is 0.999. The van der Waals surface area contributed by atoms with E-state index in [0.717, 1.165) is 63.1 Å². The Morgan fingerprint density at radius 3 is 2.35 bits per heavy atom. The zero-order valence-corrected chi connectivity index (χ0v) is 27.3. The molecule has 0 aliphatic heterocycles. The van der Waals surface area contributed by atoms with E-state index in [9.17, 15) is 13.2 Å². The van der Waals surface area contributed by atoms with E-state index in [-0.39, 0.29) is 10.7 Å². The van der Waals surface area contributed by atoms with Gasteiger partial charge in [-0.05, 0) is 54.4 Å². The summed E-state index contributed by atoms with van der Waals surface area (Å²) in [7, 11) is 2.12. The molecule has 0 saturated carbocycles. The Morgan fingerprint density at radius 2 is 1.65 bits per heavy atom. The Labute approximate surface area is 271 Å². The molecule has 1 atom stereocenters.